The number of halogens is 4. The summed E-state index contributed by atoms with van der Waals surface area (Å²) in [6.45, 7) is 0.464. The summed E-state index contributed by atoms with van der Waals surface area (Å²) in [5.74, 6) is 1.14. The van der Waals surface area contributed by atoms with Gasteiger partial charge in [-0.15, -0.1) is 12.4 Å². The van der Waals surface area contributed by atoms with Gasteiger partial charge in [-0.25, -0.2) is 9.97 Å². The maximum atomic E-state index is 12.9. The van der Waals surface area contributed by atoms with Gasteiger partial charge < -0.3 is 10.1 Å². The molecule has 0 radical (unpaired) electrons. The fourth-order valence-corrected chi connectivity index (χ4v) is 2.85. The monoisotopic (exact) mass is 431 g/mol. The molecule has 0 spiro atoms. The van der Waals surface area contributed by atoms with Gasteiger partial charge in [0.2, 0.25) is 0 Å². The number of rotatable bonds is 5. The fourth-order valence-electron chi connectivity index (χ4n) is 2.85. The van der Waals surface area contributed by atoms with E-state index >= 15 is 0 Å². The molecule has 0 fully saturated rings. The van der Waals surface area contributed by atoms with E-state index in [4.69, 9.17) is 4.74 Å². The molecule has 0 saturated heterocycles. The first-order valence-corrected chi connectivity index (χ1v) is 8.85. The van der Waals surface area contributed by atoms with E-state index in [-0.39, 0.29) is 17.9 Å². The van der Waals surface area contributed by atoms with Crippen molar-refractivity contribution in [2.24, 2.45) is 0 Å². The van der Waals surface area contributed by atoms with Crippen molar-refractivity contribution in [3.63, 3.8) is 0 Å². The molecule has 1 heterocycles. The Kier molecular flexibility index (Phi) is 6.42. The number of aromatic nitrogens is 2. The third-order valence-corrected chi connectivity index (χ3v) is 4.33. The van der Waals surface area contributed by atoms with Gasteiger partial charge in [0, 0.05) is 11.1 Å². The summed E-state index contributed by atoms with van der Waals surface area (Å²) in [5.41, 5.74) is 1.28. The molecule has 8 heteroatoms. The Balaban J connectivity index is 0.00000256. The van der Waals surface area contributed by atoms with Crippen LogP contribution < -0.4 is 10.1 Å². The molecule has 0 aliphatic heterocycles. The molecular weight excluding hydrogens is 415 g/mol. The summed E-state index contributed by atoms with van der Waals surface area (Å²) in [4.78, 5) is 8.11. The zero-order valence-corrected chi connectivity index (χ0v) is 16.4. The summed E-state index contributed by atoms with van der Waals surface area (Å²) in [6, 6.07) is 20.5. The lowest BCUT2D eigenvalue weighted by Crippen LogP contribution is -2.05. The number of ether oxygens (including phenoxy) is 1. The van der Waals surface area contributed by atoms with Crippen LogP contribution in [0, 0.1) is 0 Å². The standard InChI is InChI=1S/C22H16F3N3O.ClH/c23-22(24,25)16-6-11-19-20(12-16)26-14-27-21(19)28-17-7-9-18(10-8-17)29-13-15-4-2-1-3-5-15;/h1-12,14H,13H2,(H,26,27,28);1H. The molecule has 0 saturated carbocycles. The average Bonchev–Trinajstić information content (AvgIpc) is 2.73. The molecule has 0 aliphatic carbocycles. The van der Waals surface area contributed by atoms with E-state index in [0.29, 0.717) is 23.6 Å². The summed E-state index contributed by atoms with van der Waals surface area (Å²) in [5, 5.41) is 3.62. The third kappa shape index (κ3) is 4.99. The molecule has 1 aromatic heterocycles. The van der Waals surface area contributed by atoms with E-state index in [1.807, 2.05) is 54.6 Å². The van der Waals surface area contributed by atoms with Crippen LogP contribution in [0.1, 0.15) is 11.1 Å². The van der Waals surface area contributed by atoms with Crippen molar-refractivity contribution in [1.82, 2.24) is 9.97 Å². The molecule has 4 nitrogen and oxygen atoms in total. The van der Waals surface area contributed by atoms with E-state index in [9.17, 15) is 13.2 Å². The molecular formula is C22H17ClF3N3O. The topological polar surface area (TPSA) is 47.0 Å². The minimum Gasteiger partial charge on any atom is -0.489 e. The highest BCUT2D eigenvalue weighted by Gasteiger charge is 2.30. The lowest BCUT2D eigenvalue weighted by molar-refractivity contribution is -0.137. The van der Waals surface area contributed by atoms with Crippen molar-refractivity contribution in [3.05, 3.63) is 90.3 Å². The van der Waals surface area contributed by atoms with Crippen LogP contribution in [0.5, 0.6) is 5.75 Å². The van der Waals surface area contributed by atoms with Crippen molar-refractivity contribution < 1.29 is 17.9 Å². The minimum atomic E-state index is -4.41. The van der Waals surface area contributed by atoms with E-state index in [0.717, 1.165) is 23.4 Å². The number of nitrogens with zero attached hydrogens (tertiary/aromatic N) is 2. The summed E-state index contributed by atoms with van der Waals surface area (Å²) in [7, 11) is 0. The highest BCUT2D eigenvalue weighted by atomic mass is 35.5. The zero-order chi connectivity index (χ0) is 20.3. The highest BCUT2D eigenvalue weighted by Crippen LogP contribution is 2.32. The van der Waals surface area contributed by atoms with Crippen molar-refractivity contribution in [2.75, 3.05) is 5.32 Å². The van der Waals surface area contributed by atoms with Gasteiger partial charge in [-0.3, -0.25) is 0 Å². The van der Waals surface area contributed by atoms with Crippen LogP contribution in [0.15, 0.2) is 79.1 Å². The van der Waals surface area contributed by atoms with Crippen molar-refractivity contribution >= 4 is 34.8 Å². The van der Waals surface area contributed by atoms with Gasteiger partial charge in [0.25, 0.3) is 0 Å². The maximum Gasteiger partial charge on any atom is 0.416 e. The van der Waals surface area contributed by atoms with Crippen LogP contribution in [0.2, 0.25) is 0 Å². The predicted octanol–water partition coefficient (Wildman–Crippen LogP) is 6.39. The number of alkyl halides is 3. The molecule has 0 amide bonds. The Labute approximate surface area is 177 Å². The number of hydrogen-bond donors (Lipinski definition) is 1. The second kappa shape index (κ2) is 9.00. The van der Waals surface area contributed by atoms with Crippen LogP contribution in [-0.2, 0) is 12.8 Å². The summed E-state index contributed by atoms with van der Waals surface area (Å²) < 4.78 is 44.5. The Morgan fingerprint density at radius 1 is 0.867 bits per heavy atom. The van der Waals surface area contributed by atoms with E-state index in [1.54, 1.807) is 0 Å². The molecule has 30 heavy (non-hydrogen) atoms. The van der Waals surface area contributed by atoms with Crippen LogP contribution in [-0.4, -0.2) is 9.97 Å². The molecule has 0 atom stereocenters. The van der Waals surface area contributed by atoms with Crippen LogP contribution in [0.25, 0.3) is 10.9 Å². The van der Waals surface area contributed by atoms with Crippen molar-refractivity contribution in [3.8, 4) is 5.75 Å². The average molecular weight is 432 g/mol. The van der Waals surface area contributed by atoms with Gasteiger partial charge >= 0.3 is 6.18 Å². The Morgan fingerprint density at radius 3 is 2.30 bits per heavy atom. The van der Waals surface area contributed by atoms with Gasteiger partial charge in [-0.2, -0.15) is 13.2 Å². The first-order valence-electron chi connectivity index (χ1n) is 8.85. The van der Waals surface area contributed by atoms with E-state index in [1.165, 1.54) is 12.4 Å². The van der Waals surface area contributed by atoms with E-state index in [2.05, 4.69) is 15.3 Å². The van der Waals surface area contributed by atoms with Gasteiger partial charge in [0.15, 0.2) is 0 Å². The summed E-state index contributed by atoms with van der Waals surface area (Å²) in [6.07, 6.45) is -3.18. The maximum absolute atomic E-state index is 12.9. The lowest BCUT2D eigenvalue weighted by atomic mass is 10.1. The van der Waals surface area contributed by atoms with Crippen molar-refractivity contribution in [2.45, 2.75) is 12.8 Å². The van der Waals surface area contributed by atoms with Crippen molar-refractivity contribution in [1.29, 1.82) is 0 Å². The molecule has 0 unspecified atom stereocenters. The van der Waals surface area contributed by atoms with Gasteiger partial charge in [-0.05, 0) is 48.0 Å². The largest absolute Gasteiger partial charge is 0.489 e. The molecule has 1 N–H and O–H groups in total. The number of hydrogen-bond acceptors (Lipinski definition) is 4. The number of benzene rings is 3. The number of anilines is 2. The lowest BCUT2D eigenvalue weighted by Gasteiger charge is -2.11. The fraction of sp³-hybridized carbons (Fsp3) is 0.0909. The Morgan fingerprint density at radius 2 is 1.60 bits per heavy atom. The SMILES string of the molecule is Cl.FC(F)(F)c1ccc2c(Nc3ccc(OCc4ccccc4)cc3)ncnc2c1. The molecule has 154 valence electrons. The molecule has 0 bridgehead atoms. The van der Waals surface area contributed by atoms with Gasteiger partial charge in [-0.1, -0.05) is 30.3 Å². The Bertz CT molecular complexity index is 1120. The van der Waals surface area contributed by atoms with Crippen LogP contribution in [0.4, 0.5) is 24.7 Å². The predicted molar refractivity (Wildman–Crippen MR) is 112 cm³/mol. The Hall–Kier alpha value is -3.32. The zero-order valence-electron chi connectivity index (χ0n) is 15.6. The second-order valence-corrected chi connectivity index (χ2v) is 6.38. The molecule has 4 rings (SSSR count). The second-order valence-electron chi connectivity index (χ2n) is 6.38. The smallest absolute Gasteiger partial charge is 0.416 e. The third-order valence-electron chi connectivity index (χ3n) is 4.33. The first kappa shape index (κ1) is 21.4. The minimum absolute atomic E-state index is 0. The normalized spacial score (nSPS) is 11.0. The van der Waals surface area contributed by atoms with Gasteiger partial charge in [0.1, 0.15) is 24.5 Å². The highest BCUT2D eigenvalue weighted by molar-refractivity contribution is 5.91. The number of fused-ring (bicyclic) bond motifs is 1. The molecule has 4 aromatic rings. The summed E-state index contributed by atoms with van der Waals surface area (Å²) >= 11 is 0. The molecule has 0 aliphatic rings. The first-order chi connectivity index (χ1) is 14.0. The quantitative estimate of drug-likeness (QED) is 0.397. The van der Waals surface area contributed by atoms with Crippen LogP contribution in [0.3, 0.4) is 0 Å². The van der Waals surface area contributed by atoms with Crippen LogP contribution >= 0.6 is 12.4 Å². The molecule has 3 aromatic carbocycles. The van der Waals surface area contributed by atoms with E-state index < -0.39 is 11.7 Å². The number of nitrogens with one attached hydrogen (secondary N) is 1. The van der Waals surface area contributed by atoms with Gasteiger partial charge in [0.05, 0.1) is 11.1 Å².